The summed E-state index contributed by atoms with van der Waals surface area (Å²) in [4.78, 5) is 27.1. The molecule has 9 heteroatoms. The Morgan fingerprint density at radius 2 is 1.71 bits per heavy atom. The van der Waals surface area contributed by atoms with Crippen molar-refractivity contribution in [3.8, 4) is 0 Å². The van der Waals surface area contributed by atoms with E-state index in [9.17, 15) is 18.4 Å². The molecule has 2 aliphatic heterocycles. The molecule has 2 N–H and O–H groups in total. The summed E-state index contributed by atoms with van der Waals surface area (Å²) in [7, 11) is 0. The molecule has 0 saturated carbocycles. The van der Waals surface area contributed by atoms with Gasteiger partial charge in [0.05, 0.1) is 6.61 Å². The second-order valence-electron chi connectivity index (χ2n) is 7.04. The summed E-state index contributed by atoms with van der Waals surface area (Å²) >= 11 is 0. The third kappa shape index (κ3) is 4.82. The standard InChI is InChI=1S/C19H26F2N4O3/c1-2-28-19(27)25-9-5-13(6-10-25)22-18(26)23-14-11-15(20)17(16(21)12-14)24-7-3-4-8-24/h11-13H,2-10H2,1H3,(H2,22,23,26). The summed E-state index contributed by atoms with van der Waals surface area (Å²) in [5, 5.41) is 5.27. The first-order valence-corrected chi connectivity index (χ1v) is 9.71. The van der Waals surface area contributed by atoms with Crippen molar-refractivity contribution in [1.82, 2.24) is 10.2 Å². The number of urea groups is 1. The molecular formula is C19H26F2N4O3. The molecule has 2 aliphatic rings. The van der Waals surface area contributed by atoms with Crippen LogP contribution >= 0.6 is 0 Å². The van der Waals surface area contributed by atoms with Gasteiger partial charge in [0.15, 0.2) is 11.6 Å². The number of likely N-dealkylation sites (tertiary alicyclic amines) is 1. The van der Waals surface area contributed by atoms with E-state index < -0.39 is 17.7 Å². The number of benzene rings is 1. The normalized spacial score (nSPS) is 17.5. The van der Waals surface area contributed by atoms with Crippen LogP contribution in [0.25, 0.3) is 0 Å². The zero-order chi connectivity index (χ0) is 20.1. The van der Waals surface area contributed by atoms with Gasteiger partial charge in [-0.1, -0.05) is 0 Å². The van der Waals surface area contributed by atoms with Gasteiger partial charge in [0.25, 0.3) is 0 Å². The Bertz CT molecular complexity index is 694. The summed E-state index contributed by atoms with van der Waals surface area (Å²) in [5.41, 5.74) is 0.0363. The number of rotatable bonds is 4. The molecule has 3 amide bonds. The van der Waals surface area contributed by atoms with Gasteiger partial charge in [0, 0.05) is 37.9 Å². The van der Waals surface area contributed by atoms with Gasteiger partial charge in [0.2, 0.25) is 0 Å². The SMILES string of the molecule is CCOC(=O)N1CCC(NC(=O)Nc2cc(F)c(N3CCCC3)c(F)c2)CC1. The summed E-state index contributed by atoms with van der Waals surface area (Å²) in [6, 6.07) is 1.63. The van der Waals surface area contributed by atoms with Gasteiger partial charge >= 0.3 is 12.1 Å². The van der Waals surface area contributed by atoms with E-state index in [0.29, 0.717) is 45.6 Å². The van der Waals surface area contributed by atoms with Crippen molar-refractivity contribution in [3.05, 3.63) is 23.8 Å². The van der Waals surface area contributed by atoms with Crippen LogP contribution in [0.2, 0.25) is 0 Å². The maximum atomic E-state index is 14.4. The number of hydrogen-bond acceptors (Lipinski definition) is 4. The topological polar surface area (TPSA) is 73.9 Å². The van der Waals surface area contributed by atoms with Crippen molar-refractivity contribution in [2.45, 2.75) is 38.6 Å². The van der Waals surface area contributed by atoms with Crippen LogP contribution in [-0.2, 0) is 4.74 Å². The van der Waals surface area contributed by atoms with Crippen LogP contribution in [0.4, 0.5) is 29.7 Å². The van der Waals surface area contributed by atoms with Crippen LogP contribution in [0.5, 0.6) is 0 Å². The number of nitrogens with zero attached hydrogens (tertiary/aromatic N) is 2. The first-order chi connectivity index (χ1) is 13.5. The van der Waals surface area contributed by atoms with Gasteiger partial charge in [-0.2, -0.15) is 0 Å². The van der Waals surface area contributed by atoms with Gasteiger partial charge in [-0.3, -0.25) is 0 Å². The number of amides is 3. The fourth-order valence-electron chi connectivity index (χ4n) is 3.65. The average Bonchev–Trinajstić information content (AvgIpc) is 3.16. The van der Waals surface area contributed by atoms with Crippen molar-refractivity contribution in [2.24, 2.45) is 0 Å². The summed E-state index contributed by atoms with van der Waals surface area (Å²) < 4.78 is 33.7. The Hall–Kier alpha value is -2.58. The van der Waals surface area contributed by atoms with E-state index >= 15 is 0 Å². The number of hydrogen-bond donors (Lipinski definition) is 2. The van der Waals surface area contributed by atoms with E-state index in [1.165, 1.54) is 0 Å². The van der Waals surface area contributed by atoms with Crippen molar-refractivity contribution >= 4 is 23.5 Å². The Labute approximate surface area is 163 Å². The minimum Gasteiger partial charge on any atom is -0.450 e. The number of halogens is 2. The Balaban J connectivity index is 1.52. The van der Waals surface area contributed by atoms with E-state index in [-0.39, 0.29) is 23.5 Å². The molecular weight excluding hydrogens is 370 g/mol. The minimum absolute atomic E-state index is 0.0326. The molecule has 0 unspecified atom stereocenters. The molecule has 0 radical (unpaired) electrons. The van der Waals surface area contributed by atoms with E-state index in [1.54, 1.807) is 16.7 Å². The zero-order valence-electron chi connectivity index (χ0n) is 16.0. The van der Waals surface area contributed by atoms with E-state index in [2.05, 4.69) is 10.6 Å². The second kappa shape index (κ2) is 9.07. The molecule has 0 aromatic heterocycles. The maximum Gasteiger partial charge on any atom is 0.409 e. The maximum absolute atomic E-state index is 14.4. The van der Waals surface area contributed by atoms with Crippen molar-refractivity contribution in [2.75, 3.05) is 43.0 Å². The van der Waals surface area contributed by atoms with Crippen LogP contribution in [0.15, 0.2) is 12.1 Å². The first kappa shape index (κ1) is 20.2. The Morgan fingerprint density at radius 3 is 2.29 bits per heavy atom. The monoisotopic (exact) mass is 396 g/mol. The molecule has 0 atom stereocenters. The molecule has 0 aliphatic carbocycles. The molecule has 1 aromatic rings. The van der Waals surface area contributed by atoms with E-state index in [1.807, 2.05) is 0 Å². The number of carbonyl (C=O) groups is 2. The molecule has 7 nitrogen and oxygen atoms in total. The highest BCUT2D eigenvalue weighted by Gasteiger charge is 2.25. The van der Waals surface area contributed by atoms with Crippen LogP contribution in [0, 0.1) is 11.6 Å². The second-order valence-corrected chi connectivity index (χ2v) is 7.04. The number of nitrogens with one attached hydrogen (secondary N) is 2. The summed E-state index contributed by atoms with van der Waals surface area (Å²) in [6.07, 6.45) is 2.65. The molecule has 154 valence electrons. The predicted octanol–water partition coefficient (Wildman–Crippen LogP) is 3.31. The Morgan fingerprint density at radius 1 is 1.11 bits per heavy atom. The molecule has 0 bridgehead atoms. The molecule has 1 aromatic carbocycles. The number of piperidine rings is 1. The van der Waals surface area contributed by atoms with E-state index in [4.69, 9.17) is 4.74 Å². The summed E-state index contributed by atoms with van der Waals surface area (Å²) in [6.45, 7) is 4.30. The summed E-state index contributed by atoms with van der Waals surface area (Å²) in [5.74, 6) is -1.36. The number of anilines is 2. The zero-order valence-corrected chi connectivity index (χ0v) is 16.0. The predicted molar refractivity (Wildman–Crippen MR) is 102 cm³/mol. The highest BCUT2D eigenvalue weighted by atomic mass is 19.1. The van der Waals surface area contributed by atoms with Crippen molar-refractivity contribution < 1.29 is 23.1 Å². The fourth-order valence-corrected chi connectivity index (χ4v) is 3.65. The van der Waals surface area contributed by atoms with Crippen LogP contribution in [0.3, 0.4) is 0 Å². The Kier molecular flexibility index (Phi) is 6.53. The van der Waals surface area contributed by atoms with Gasteiger partial charge in [-0.05, 0) is 44.7 Å². The van der Waals surface area contributed by atoms with Crippen molar-refractivity contribution in [1.29, 1.82) is 0 Å². The van der Waals surface area contributed by atoms with Gasteiger partial charge in [-0.25, -0.2) is 18.4 Å². The molecule has 3 rings (SSSR count). The third-order valence-electron chi connectivity index (χ3n) is 5.05. The smallest absolute Gasteiger partial charge is 0.409 e. The third-order valence-corrected chi connectivity index (χ3v) is 5.05. The molecule has 0 spiro atoms. The lowest BCUT2D eigenvalue weighted by atomic mass is 10.1. The molecule has 2 heterocycles. The van der Waals surface area contributed by atoms with Crippen LogP contribution in [0.1, 0.15) is 32.6 Å². The highest BCUT2D eigenvalue weighted by molar-refractivity contribution is 5.89. The first-order valence-electron chi connectivity index (χ1n) is 9.71. The minimum atomic E-state index is -0.681. The van der Waals surface area contributed by atoms with Gasteiger partial charge in [0.1, 0.15) is 5.69 Å². The molecule has 28 heavy (non-hydrogen) atoms. The van der Waals surface area contributed by atoms with Crippen molar-refractivity contribution in [3.63, 3.8) is 0 Å². The van der Waals surface area contributed by atoms with Crippen LogP contribution < -0.4 is 15.5 Å². The van der Waals surface area contributed by atoms with Gasteiger partial charge < -0.3 is 25.2 Å². The lowest BCUT2D eigenvalue weighted by molar-refractivity contribution is 0.0959. The molecule has 2 saturated heterocycles. The lowest BCUT2D eigenvalue weighted by Crippen LogP contribution is -2.47. The largest absolute Gasteiger partial charge is 0.450 e. The van der Waals surface area contributed by atoms with E-state index in [0.717, 1.165) is 25.0 Å². The lowest BCUT2D eigenvalue weighted by Gasteiger charge is -2.31. The van der Waals surface area contributed by atoms with Crippen LogP contribution in [-0.4, -0.2) is 55.9 Å². The van der Waals surface area contributed by atoms with Gasteiger partial charge in [-0.15, -0.1) is 0 Å². The number of carbonyl (C=O) groups excluding carboxylic acids is 2. The average molecular weight is 396 g/mol. The molecule has 2 fully saturated rings. The number of ether oxygens (including phenoxy) is 1. The quantitative estimate of drug-likeness (QED) is 0.819. The highest BCUT2D eigenvalue weighted by Crippen LogP contribution is 2.29. The fraction of sp³-hybridized carbons (Fsp3) is 0.579.